The van der Waals surface area contributed by atoms with Gasteiger partial charge < -0.3 is 19.7 Å². The van der Waals surface area contributed by atoms with Crippen LogP contribution < -0.4 is 0 Å². The molecule has 1 aliphatic heterocycles. The first-order valence-electron chi connectivity index (χ1n) is 8.05. The molecule has 0 spiro atoms. The van der Waals surface area contributed by atoms with Gasteiger partial charge in [0.25, 0.3) is 5.91 Å². The molecule has 1 aromatic heterocycles. The van der Waals surface area contributed by atoms with E-state index in [9.17, 15) is 14.3 Å². The van der Waals surface area contributed by atoms with Crippen molar-refractivity contribution in [3.8, 4) is 0 Å². The van der Waals surface area contributed by atoms with Crippen LogP contribution in [0.1, 0.15) is 10.5 Å². The number of benzene rings is 1. The van der Waals surface area contributed by atoms with Crippen LogP contribution in [0.25, 0.3) is 10.9 Å². The molecule has 7 heteroatoms. The summed E-state index contributed by atoms with van der Waals surface area (Å²) in [4.78, 5) is 19.1. The van der Waals surface area contributed by atoms with Gasteiger partial charge in [-0.1, -0.05) is 0 Å². The number of hydrogen-bond donors (Lipinski definition) is 2. The van der Waals surface area contributed by atoms with E-state index >= 15 is 0 Å². The van der Waals surface area contributed by atoms with Crippen molar-refractivity contribution >= 4 is 16.8 Å². The molecule has 3 rings (SSSR count). The molecule has 1 aliphatic rings. The quantitative estimate of drug-likeness (QED) is 0.858. The molecule has 1 aromatic carbocycles. The van der Waals surface area contributed by atoms with Crippen LogP contribution >= 0.6 is 0 Å². The van der Waals surface area contributed by atoms with E-state index in [1.54, 1.807) is 19.2 Å². The molecule has 24 heavy (non-hydrogen) atoms. The summed E-state index contributed by atoms with van der Waals surface area (Å²) in [6.45, 7) is 3.68. The van der Waals surface area contributed by atoms with Crippen molar-refractivity contribution < 1.29 is 19.0 Å². The highest BCUT2D eigenvalue weighted by atomic mass is 19.1. The summed E-state index contributed by atoms with van der Waals surface area (Å²) in [5.41, 5.74) is 1.10. The summed E-state index contributed by atoms with van der Waals surface area (Å²) < 4.78 is 18.5. The fraction of sp³-hybridized carbons (Fsp3) is 0.471. The summed E-state index contributed by atoms with van der Waals surface area (Å²) in [6.07, 6.45) is -0.626. The zero-order chi connectivity index (χ0) is 17.1. The lowest BCUT2D eigenvalue weighted by Crippen LogP contribution is -2.45. The van der Waals surface area contributed by atoms with Crippen molar-refractivity contribution in [1.82, 2.24) is 14.8 Å². The number of aromatic nitrogens is 1. The molecule has 1 amide bonds. The van der Waals surface area contributed by atoms with Gasteiger partial charge in [0.2, 0.25) is 0 Å². The van der Waals surface area contributed by atoms with E-state index in [0.717, 1.165) is 13.1 Å². The van der Waals surface area contributed by atoms with Crippen LogP contribution in [0.15, 0.2) is 24.3 Å². The Hall–Kier alpha value is -1.96. The first kappa shape index (κ1) is 16.9. The molecule has 130 valence electrons. The Morgan fingerprint density at radius 2 is 2.17 bits per heavy atom. The van der Waals surface area contributed by atoms with Crippen molar-refractivity contribution in [3.63, 3.8) is 0 Å². The number of fused-ring (bicyclic) bond motifs is 1. The molecule has 2 N–H and O–H groups in total. The van der Waals surface area contributed by atoms with Crippen LogP contribution in [0, 0.1) is 5.82 Å². The number of carbonyl (C=O) groups is 1. The van der Waals surface area contributed by atoms with Gasteiger partial charge in [-0.3, -0.25) is 9.69 Å². The molecular formula is C17H22FN3O3. The Kier molecular flexibility index (Phi) is 5.13. The minimum atomic E-state index is -0.626. The van der Waals surface area contributed by atoms with Crippen molar-refractivity contribution in [2.24, 2.45) is 0 Å². The summed E-state index contributed by atoms with van der Waals surface area (Å²) in [5, 5.41) is 10.9. The number of aliphatic hydroxyl groups excluding tert-OH is 1. The third-order valence-electron chi connectivity index (χ3n) is 4.22. The molecule has 2 heterocycles. The van der Waals surface area contributed by atoms with Crippen molar-refractivity contribution in [2.75, 3.05) is 46.4 Å². The van der Waals surface area contributed by atoms with E-state index < -0.39 is 6.10 Å². The van der Waals surface area contributed by atoms with Crippen LogP contribution in [0.3, 0.4) is 0 Å². The minimum Gasteiger partial charge on any atom is -0.390 e. The maximum atomic E-state index is 13.2. The Balaban J connectivity index is 1.60. The Morgan fingerprint density at radius 3 is 2.92 bits per heavy atom. The number of morpholine rings is 1. The van der Waals surface area contributed by atoms with Gasteiger partial charge in [0.15, 0.2) is 0 Å². The fourth-order valence-corrected chi connectivity index (χ4v) is 2.96. The predicted octanol–water partition coefficient (Wildman–Crippen LogP) is 1.07. The second-order valence-corrected chi connectivity index (χ2v) is 6.17. The minimum absolute atomic E-state index is 0.229. The molecule has 1 fully saturated rings. The lowest BCUT2D eigenvalue weighted by atomic mass is 10.2. The maximum absolute atomic E-state index is 13.2. The van der Waals surface area contributed by atoms with Crippen LogP contribution in [0.5, 0.6) is 0 Å². The number of nitrogens with zero attached hydrogens (tertiary/aromatic N) is 2. The highest BCUT2D eigenvalue weighted by Gasteiger charge is 2.20. The maximum Gasteiger partial charge on any atom is 0.270 e. The third-order valence-corrected chi connectivity index (χ3v) is 4.22. The highest BCUT2D eigenvalue weighted by Crippen LogP contribution is 2.17. The largest absolute Gasteiger partial charge is 0.390 e. The number of ether oxygens (including phenoxy) is 1. The topological polar surface area (TPSA) is 68.8 Å². The number of likely N-dealkylation sites (N-methyl/N-ethyl adjacent to an activating group) is 1. The van der Waals surface area contributed by atoms with Gasteiger partial charge >= 0.3 is 0 Å². The zero-order valence-corrected chi connectivity index (χ0v) is 13.7. The monoisotopic (exact) mass is 335 g/mol. The zero-order valence-electron chi connectivity index (χ0n) is 13.7. The Morgan fingerprint density at radius 1 is 1.42 bits per heavy atom. The number of nitrogens with one attached hydrogen (secondary N) is 1. The van der Waals surface area contributed by atoms with Gasteiger partial charge in [-0.15, -0.1) is 0 Å². The number of H-pyrrole nitrogens is 1. The van der Waals surface area contributed by atoms with Gasteiger partial charge in [-0.25, -0.2) is 4.39 Å². The van der Waals surface area contributed by atoms with E-state index in [0.29, 0.717) is 36.4 Å². The summed E-state index contributed by atoms with van der Waals surface area (Å²) in [5.74, 6) is -0.567. The fourth-order valence-electron chi connectivity index (χ4n) is 2.96. The van der Waals surface area contributed by atoms with Gasteiger partial charge in [0, 0.05) is 44.1 Å². The Labute approximate surface area is 139 Å². The molecule has 0 radical (unpaired) electrons. The lowest BCUT2D eigenvalue weighted by Gasteiger charge is -2.30. The molecule has 0 aliphatic carbocycles. The lowest BCUT2D eigenvalue weighted by molar-refractivity contribution is 0.00875. The number of aromatic amines is 1. The van der Waals surface area contributed by atoms with E-state index in [2.05, 4.69) is 9.88 Å². The van der Waals surface area contributed by atoms with Crippen LogP contribution in [0.2, 0.25) is 0 Å². The number of rotatable bonds is 5. The smallest absolute Gasteiger partial charge is 0.270 e. The van der Waals surface area contributed by atoms with Crippen molar-refractivity contribution in [3.05, 3.63) is 35.8 Å². The second kappa shape index (κ2) is 7.29. The molecule has 1 unspecified atom stereocenters. The molecule has 0 saturated carbocycles. The summed E-state index contributed by atoms with van der Waals surface area (Å²) in [6, 6.07) is 5.97. The number of carbonyl (C=O) groups excluding carboxylic acids is 1. The standard InChI is InChI=1S/C17H22FN3O3/c1-20(10-14(22)11-21-4-6-24-7-5-21)17(23)16-9-12-8-13(18)2-3-15(12)19-16/h2-3,8-9,14,19,22H,4-7,10-11H2,1H3. The number of aliphatic hydroxyl groups is 1. The number of β-amino-alcohol motifs (C(OH)–C–C–N with tert-alkyl or cyclic N) is 1. The normalized spacial score (nSPS) is 17.1. The van der Waals surface area contributed by atoms with E-state index in [1.807, 2.05) is 0 Å². The van der Waals surface area contributed by atoms with Gasteiger partial charge in [0.05, 0.1) is 19.3 Å². The van der Waals surface area contributed by atoms with Crippen LogP contribution in [-0.4, -0.2) is 78.3 Å². The summed E-state index contributed by atoms with van der Waals surface area (Å²) in [7, 11) is 1.65. The van der Waals surface area contributed by atoms with Crippen LogP contribution in [0.4, 0.5) is 4.39 Å². The number of hydrogen-bond acceptors (Lipinski definition) is 4. The Bertz CT molecular complexity index is 712. The van der Waals surface area contributed by atoms with Crippen molar-refractivity contribution in [2.45, 2.75) is 6.10 Å². The van der Waals surface area contributed by atoms with Crippen LogP contribution in [-0.2, 0) is 4.74 Å². The molecule has 1 atom stereocenters. The first-order chi connectivity index (χ1) is 11.5. The van der Waals surface area contributed by atoms with E-state index in [4.69, 9.17) is 4.74 Å². The molecule has 2 aromatic rings. The van der Waals surface area contributed by atoms with Gasteiger partial charge in [-0.2, -0.15) is 0 Å². The highest BCUT2D eigenvalue weighted by molar-refractivity contribution is 5.97. The molecule has 0 bridgehead atoms. The molecule has 6 nitrogen and oxygen atoms in total. The SMILES string of the molecule is CN(CC(O)CN1CCOCC1)C(=O)c1cc2cc(F)ccc2[nH]1. The van der Waals surface area contributed by atoms with Gasteiger partial charge in [0.1, 0.15) is 11.5 Å². The number of halogens is 1. The molecular weight excluding hydrogens is 313 g/mol. The second-order valence-electron chi connectivity index (χ2n) is 6.17. The molecule has 1 saturated heterocycles. The summed E-state index contributed by atoms with van der Waals surface area (Å²) >= 11 is 0. The third kappa shape index (κ3) is 3.92. The van der Waals surface area contributed by atoms with Crippen molar-refractivity contribution in [1.29, 1.82) is 0 Å². The van der Waals surface area contributed by atoms with E-state index in [-0.39, 0.29) is 18.3 Å². The van der Waals surface area contributed by atoms with Gasteiger partial charge in [-0.05, 0) is 24.3 Å². The average molecular weight is 335 g/mol. The average Bonchev–Trinajstić information content (AvgIpc) is 2.97. The van der Waals surface area contributed by atoms with E-state index in [1.165, 1.54) is 17.0 Å². The number of amides is 1. The predicted molar refractivity (Wildman–Crippen MR) is 88.5 cm³/mol. The first-order valence-corrected chi connectivity index (χ1v) is 8.05.